The minimum Gasteiger partial charge on any atom is -0.391 e. The van der Waals surface area contributed by atoms with Gasteiger partial charge in [-0.2, -0.15) is 0 Å². The normalized spacial score (nSPS) is 20.3. The van der Waals surface area contributed by atoms with E-state index in [1.54, 1.807) is 29.2 Å². The maximum atomic E-state index is 12.6. The highest BCUT2D eigenvalue weighted by molar-refractivity contribution is 5.95. The summed E-state index contributed by atoms with van der Waals surface area (Å²) in [6, 6.07) is 13.1. The summed E-state index contributed by atoms with van der Waals surface area (Å²) in [6.45, 7) is 0.350. The van der Waals surface area contributed by atoms with Crippen molar-refractivity contribution in [3.8, 4) is 0 Å². The van der Waals surface area contributed by atoms with Crippen LogP contribution in [0.25, 0.3) is 12.2 Å². The number of aliphatic hydroxyl groups is 1. The highest BCUT2D eigenvalue weighted by atomic mass is 16.6. The van der Waals surface area contributed by atoms with Crippen LogP contribution in [-0.2, 0) is 0 Å². The zero-order valence-electron chi connectivity index (χ0n) is 15.1. The fourth-order valence-electron chi connectivity index (χ4n) is 2.94. The highest BCUT2D eigenvalue weighted by Gasteiger charge is 2.31. The average Bonchev–Trinajstić information content (AvgIpc) is 3.07. The molecule has 0 aromatic heterocycles. The van der Waals surface area contributed by atoms with Gasteiger partial charge in [0.15, 0.2) is 0 Å². The third kappa shape index (κ3) is 3.97. The van der Waals surface area contributed by atoms with Crippen LogP contribution in [0.1, 0.15) is 36.2 Å². The molecule has 0 bridgehead atoms. The first-order valence-electron chi connectivity index (χ1n) is 8.99. The Kier molecular flexibility index (Phi) is 4.75. The lowest BCUT2D eigenvalue weighted by atomic mass is 10.1. The number of likely N-dealkylation sites (tertiary alicyclic amines) is 1. The van der Waals surface area contributed by atoms with Gasteiger partial charge < -0.3 is 10.0 Å². The fraction of sp³-hybridized carbons (Fsp3) is 0.250. The first-order chi connectivity index (χ1) is 13.0. The monoisotopic (exact) mass is 353 g/mol. The van der Waals surface area contributed by atoms with Gasteiger partial charge in [0.25, 0.3) is 11.6 Å². The number of β-amino-alcohol motifs (C(OH)–C–C–N with tert-alkyl or cyclic N) is 1. The zero-order valence-corrected chi connectivity index (χ0v) is 14.1. The molecular formula is C20H20N2O4. The third-order valence-electron chi connectivity index (χ3n) is 4.38. The van der Waals surface area contributed by atoms with Crippen molar-refractivity contribution in [2.45, 2.75) is 25.5 Å². The van der Waals surface area contributed by atoms with Crippen molar-refractivity contribution in [3.63, 3.8) is 0 Å². The largest absolute Gasteiger partial charge is 0.391 e. The Labute approximate surface area is 152 Å². The van der Waals surface area contributed by atoms with Gasteiger partial charge in [0, 0.05) is 31.7 Å². The van der Waals surface area contributed by atoms with E-state index in [4.69, 9.17) is 1.37 Å². The van der Waals surface area contributed by atoms with Crippen LogP contribution in [0, 0.1) is 10.1 Å². The summed E-state index contributed by atoms with van der Waals surface area (Å²) in [4.78, 5) is 24.4. The molecule has 2 aromatic rings. The Hall–Kier alpha value is -2.99. The lowest BCUT2D eigenvalue weighted by molar-refractivity contribution is -0.384. The van der Waals surface area contributed by atoms with E-state index in [0.717, 1.165) is 11.1 Å². The second-order valence-electron chi connectivity index (χ2n) is 6.30. The van der Waals surface area contributed by atoms with E-state index in [1.807, 2.05) is 24.3 Å². The molecule has 1 aliphatic rings. The molecule has 0 radical (unpaired) electrons. The number of carbonyl (C=O) groups excluding carboxylic acids is 1. The number of nitrogens with zero attached hydrogens (tertiary/aromatic N) is 2. The number of non-ortho nitro benzene ring substituents is 1. The highest BCUT2D eigenvalue weighted by Crippen LogP contribution is 2.21. The molecule has 1 saturated heterocycles. The van der Waals surface area contributed by atoms with Gasteiger partial charge >= 0.3 is 0 Å². The SMILES string of the molecule is [2H]C[C@@H]1C[C@@H](O)CN1C(=O)c1ccc(/C=C/c2ccc([N+](=O)[O-])cc2)cc1. The molecule has 1 amide bonds. The topological polar surface area (TPSA) is 83.7 Å². The van der Waals surface area contributed by atoms with E-state index in [1.165, 1.54) is 12.1 Å². The quantitative estimate of drug-likeness (QED) is 0.519. The van der Waals surface area contributed by atoms with Crippen molar-refractivity contribution in [3.05, 3.63) is 75.3 Å². The van der Waals surface area contributed by atoms with Gasteiger partial charge in [0.1, 0.15) is 0 Å². The van der Waals surface area contributed by atoms with Crippen molar-refractivity contribution >= 4 is 23.7 Å². The standard InChI is InChI=1S/C20H20N2O4/c1-14-12-19(23)13-21(14)20(24)17-8-4-15(5-9-17)2-3-16-6-10-18(11-7-16)22(25)26/h2-11,14,19,23H,12-13H2,1H3/b3-2+/t14-,19-/m1/s1/i1D. The van der Waals surface area contributed by atoms with E-state index < -0.39 is 11.0 Å². The number of nitro groups is 1. The minimum atomic E-state index is -0.562. The van der Waals surface area contributed by atoms with Crippen LogP contribution in [0.15, 0.2) is 48.5 Å². The van der Waals surface area contributed by atoms with Crippen LogP contribution < -0.4 is 0 Å². The summed E-state index contributed by atoms with van der Waals surface area (Å²) >= 11 is 0. The molecule has 0 unspecified atom stereocenters. The molecule has 3 rings (SSSR count). The Morgan fingerprint density at radius 2 is 1.77 bits per heavy atom. The summed E-state index contributed by atoms with van der Waals surface area (Å²) in [7, 11) is 0. The van der Waals surface area contributed by atoms with Crippen LogP contribution in [0.5, 0.6) is 0 Å². The molecule has 26 heavy (non-hydrogen) atoms. The Bertz CT molecular complexity index is 849. The smallest absolute Gasteiger partial charge is 0.269 e. The van der Waals surface area contributed by atoms with Crippen LogP contribution in [0.4, 0.5) is 5.69 Å². The Balaban J connectivity index is 1.68. The summed E-state index contributed by atoms with van der Waals surface area (Å²) in [5, 5.41) is 20.4. The predicted octanol–water partition coefficient (Wildman–Crippen LogP) is 3.36. The van der Waals surface area contributed by atoms with Crippen molar-refractivity contribution in [2.75, 3.05) is 6.54 Å². The van der Waals surface area contributed by atoms with Crippen LogP contribution >= 0.6 is 0 Å². The maximum Gasteiger partial charge on any atom is 0.269 e. The van der Waals surface area contributed by atoms with Crippen LogP contribution in [0.2, 0.25) is 0 Å². The molecule has 0 saturated carbocycles. The summed E-state index contributed by atoms with van der Waals surface area (Å²) in [5.74, 6) is -0.172. The number of nitro benzene ring substituents is 1. The van der Waals surface area contributed by atoms with Crippen molar-refractivity contribution in [2.24, 2.45) is 0 Å². The number of aliphatic hydroxyl groups excluding tert-OH is 1. The fourth-order valence-corrected chi connectivity index (χ4v) is 2.94. The van der Waals surface area contributed by atoms with Crippen molar-refractivity contribution < 1.29 is 16.2 Å². The molecule has 2 atom stereocenters. The minimum absolute atomic E-state index is 0.0491. The molecule has 1 N–H and O–H groups in total. The number of hydrogen-bond donors (Lipinski definition) is 1. The van der Waals surface area contributed by atoms with E-state index in [-0.39, 0.29) is 31.1 Å². The summed E-state index contributed by atoms with van der Waals surface area (Å²) in [5.41, 5.74) is 2.30. The van der Waals surface area contributed by atoms with Crippen molar-refractivity contribution in [1.82, 2.24) is 4.90 Å². The van der Waals surface area contributed by atoms with Crippen LogP contribution in [-0.4, -0.2) is 39.5 Å². The van der Waals surface area contributed by atoms with Gasteiger partial charge in [0.2, 0.25) is 0 Å². The molecule has 1 aliphatic heterocycles. The molecule has 134 valence electrons. The van der Waals surface area contributed by atoms with Crippen molar-refractivity contribution in [1.29, 1.82) is 0 Å². The van der Waals surface area contributed by atoms with Gasteiger partial charge in [0.05, 0.1) is 11.0 Å². The molecule has 2 aromatic carbocycles. The maximum absolute atomic E-state index is 12.6. The Morgan fingerprint density at radius 1 is 1.19 bits per heavy atom. The average molecular weight is 353 g/mol. The molecular weight excluding hydrogens is 332 g/mol. The Morgan fingerprint density at radius 3 is 2.31 bits per heavy atom. The third-order valence-corrected chi connectivity index (χ3v) is 4.38. The van der Waals surface area contributed by atoms with Crippen LogP contribution in [0.3, 0.4) is 0 Å². The van der Waals surface area contributed by atoms with Gasteiger partial charge in [-0.25, -0.2) is 0 Å². The van der Waals surface area contributed by atoms with E-state index >= 15 is 0 Å². The van der Waals surface area contributed by atoms with Gasteiger partial charge in [-0.15, -0.1) is 0 Å². The first kappa shape index (κ1) is 16.5. The number of hydrogen-bond acceptors (Lipinski definition) is 4. The molecule has 6 heteroatoms. The summed E-state index contributed by atoms with van der Waals surface area (Å²) < 4.78 is 7.53. The molecule has 6 nitrogen and oxygen atoms in total. The zero-order chi connectivity index (χ0) is 19.4. The van der Waals surface area contributed by atoms with E-state index in [0.29, 0.717) is 12.0 Å². The lowest BCUT2D eigenvalue weighted by Gasteiger charge is -2.21. The first-order valence-corrected chi connectivity index (χ1v) is 8.29. The number of amides is 1. The molecule has 0 aliphatic carbocycles. The predicted molar refractivity (Wildman–Crippen MR) is 99.6 cm³/mol. The number of benzene rings is 2. The molecule has 0 spiro atoms. The molecule has 1 heterocycles. The van der Waals surface area contributed by atoms with E-state index in [9.17, 15) is 20.0 Å². The van der Waals surface area contributed by atoms with Gasteiger partial charge in [-0.05, 0) is 48.7 Å². The number of carbonyl (C=O) groups is 1. The van der Waals surface area contributed by atoms with E-state index in [2.05, 4.69) is 0 Å². The van der Waals surface area contributed by atoms with Gasteiger partial charge in [-0.3, -0.25) is 14.9 Å². The summed E-state index contributed by atoms with van der Waals surface area (Å²) in [6.07, 6.45) is 3.59. The second kappa shape index (κ2) is 7.49. The lowest BCUT2D eigenvalue weighted by Crippen LogP contribution is -2.34. The molecule has 1 fully saturated rings. The van der Waals surface area contributed by atoms with Gasteiger partial charge in [-0.1, -0.05) is 24.3 Å². The second-order valence-corrected chi connectivity index (χ2v) is 6.30. The number of rotatable bonds is 4.